The van der Waals surface area contributed by atoms with Gasteiger partial charge in [-0.2, -0.15) is 0 Å². The van der Waals surface area contributed by atoms with Crippen LogP contribution in [0.1, 0.15) is 11.4 Å². The molecule has 5 nitrogen and oxygen atoms in total. The first kappa shape index (κ1) is 18.7. The molecule has 1 heterocycles. The Morgan fingerprint density at radius 3 is 1.26 bits per heavy atom. The van der Waals surface area contributed by atoms with Crippen molar-refractivity contribution in [3.63, 3.8) is 0 Å². The molecular weight excluding hydrogens is 342 g/mol. The van der Waals surface area contributed by atoms with E-state index in [4.69, 9.17) is 18.9 Å². The summed E-state index contributed by atoms with van der Waals surface area (Å²) in [5.74, 6) is 2.82. The van der Waals surface area contributed by atoms with Crippen LogP contribution in [-0.4, -0.2) is 33.4 Å². The third-order valence-corrected chi connectivity index (χ3v) is 4.72. The smallest absolute Gasteiger partial charge is 0.161 e. The fourth-order valence-corrected chi connectivity index (χ4v) is 3.49. The summed E-state index contributed by atoms with van der Waals surface area (Å²) in [5, 5.41) is 0. The second-order valence-electron chi connectivity index (χ2n) is 6.26. The summed E-state index contributed by atoms with van der Waals surface area (Å²) in [6.07, 6.45) is 0. The number of aromatic amines is 1. The molecule has 0 aliphatic carbocycles. The van der Waals surface area contributed by atoms with Crippen LogP contribution in [0.5, 0.6) is 23.0 Å². The van der Waals surface area contributed by atoms with Crippen LogP contribution in [0.4, 0.5) is 0 Å². The highest BCUT2D eigenvalue weighted by atomic mass is 16.5. The van der Waals surface area contributed by atoms with Crippen LogP contribution in [0, 0.1) is 13.8 Å². The quantitative estimate of drug-likeness (QED) is 0.666. The number of aromatic nitrogens is 1. The van der Waals surface area contributed by atoms with E-state index in [0.717, 1.165) is 33.6 Å². The fourth-order valence-electron chi connectivity index (χ4n) is 3.49. The molecule has 142 valence electrons. The molecular formula is C22H25NO4. The summed E-state index contributed by atoms with van der Waals surface area (Å²) in [4.78, 5) is 3.46. The Morgan fingerprint density at radius 2 is 0.926 bits per heavy atom. The lowest BCUT2D eigenvalue weighted by atomic mass is 9.94. The highest BCUT2D eigenvalue weighted by molar-refractivity contribution is 5.88. The minimum absolute atomic E-state index is 0.700. The van der Waals surface area contributed by atoms with E-state index in [1.54, 1.807) is 28.4 Å². The lowest BCUT2D eigenvalue weighted by Gasteiger charge is -2.13. The van der Waals surface area contributed by atoms with Gasteiger partial charge in [-0.1, -0.05) is 12.1 Å². The molecule has 0 saturated heterocycles. The maximum absolute atomic E-state index is 5.49. The van der Waals surface area contributed by atoms with Crippen molar-refractivity contribution in [2.45, 2.75) is 13.8 Å². The van der Waals surface area contributed by atoms with Gasteiger partial charge in [0.15, 0.2) is 23.0 Å². The second-order valence-corrected chi connectivity index (χ2v) is 6.26. The van der Waals surface area contributed by atoms with Crippen LogP contribution >= 0.6 is 0 Å². The van der Waals surface area contributed by atoms with Gasteiger partial charge in [-0.15, -0.1) is 0 Å². The lowest BCUT2D eigenvalue weighted by Crippen LogP contribution is -1.93. The Bertz CT molecular complexity index is 883. The molecule has 0 fully saturated rings. The molecule has 0 amide bonds. The van der Waals surface area contributed by atoms with Gasteiger partial charge >= 0.3 is 0 Å². The topological polar surface area (TPSA) is 52.7 Å². The van der Waals surface area contributed by atoms with Gasteiger partial charge in [0.2, 0.25) is 0 Å². The highest BCUT2D eigenvalue weighted by Crippen LogP contribution is 2.42. The molecule has 0 spiro atoms. The molecule has 5 heteroatoms. The molecule has 0 saturated carbocycles. The van der Waals surface area contributed by atoms with Crippen LogP contribution < -0.4 is 18.9 Å². The molecule has 1 N–H and O–H groups in total. The van der Waals surface area contributed by atoms with Crippen LogP contribution in [0.25, 0.3) is 22.3 Å². The molecule has 2 aromatic carbocycles. The van der Waals surface area contributed by atoms with Gasteiger partial charge in [0.1, 0.15) is 0 Å². The van der Waals surface area contributed by atoms with E-state index in [9.17, 15) is 0 Å². The van der Waals surface area contributed by atoms with Gasteiger partial charge in [0, 0.05) is 22.5 Å². The van der Waals surface area contributed by atoms with E-state index in [0.29, 0.717) is 23.0 Å². The van der Waals surface area contributed by atoms with Gasteiger partial charge in [-0.25, -0.2) is 0 Å². The first-order chi connectivity index (χ1) is 13.0. The normalized spacial score (nSPS) is 10.6. The van der Waals surface area contributed by atoms with Crippen molar-refractivity contribution in [3.05, 3.63) is 47.8 Å². The Hall–Kier alpha value is -3.08. The van der Waals surface area contributed by atoms with Crippen LogP contribution in [0.3, 0.4) is 0 Å². The number of nitrogens with one attached hydrogen (secondary N) is 1. The number of ether oxygens (including phenoxy) is 4. The van der Waals surface area contributed by atoms with Crippen LogP contribution in [0.15, 0.2) is 36.4 Å². The summed E-state index contributed by atoms with van der Waals surface area (Å²) in [5.41, 5.74) is 6.54. The zero-order valence-electron chi connectivity index (χ0n) is 16.6. The van der Waals surface area contributed by atoms with Crippen molar-refractivity contribution in [1.29, 1.82) is 0 Å². The molecule has 0 radical (unpaired) electrons. The van der Waals surface area contributed by atoms with Gasteiger partial charge in [0.25, 0.3) is 0 Å². The summed E-state index contributed by atoms with van der Waals surface area (Å²) >= 11 is 0. The van der Waals surface area contributed by atoms with Gasteiger partial charge in [-0.05, 0) is 49.2 Å². The van der Waals surface area contributed by atoms with Crippen molar-refractivity contribution in [2.24, 2.45) is 0 Å². The number of benzene rings is 2. The number of hydrogen-bond acceptors (Lipinski definition) is 4. The summed E-state index contributed by atoms with van der Waals surface area (Å²) in [6, 6.07) is 11.9. The molecule has 3 rings (SSSR count). The molecule has 0 aliphatic rings. The maximum atomic E-state index is 5.49. The highest BCUT2D eigenvalue weighted by Gasteiger charge is 2.19. The minimum atomic E-state index is 0.700. The average molecular weight is 367 g/mol. The standard InChI is InChI=1S/C22H25NO4/c1-13-21(15-7-9-17(24-3)19(11-15)26-5)22(14(2)23-13)16-8-10-18(25-4)20(12-16)27-6/h7-12,23H,1-6H3. The number of hydrogen-bond donors (Lipinski definition) is 1. The maximum Gasteiger partial charge on any atom is 0.161 e. The summed E-state index contributed by atoms with van der Waals surface area (Å²) in [7, 11) is 6.56. The number of rotatable bonds is 6. The van der Waals surface area contributed by atoms with Crippen LogP contribution in [0.2, 0.25) is 0 Å². The van der Waals surface area contributed by atoms with E-state index < -0.39 is 0 Å². The van der Waals surface area contributed by atoms with Gasteiger partial charge < -0.3 is 23.9 Å². The second kappa shape index (κ2) is 7.66. The Morgan fingerprint density at radius 1 is 0.556 bits per heavy atom. The zero-order valence-corrected chi connectivity index (χ0v) is 16.6. The van der Waals surface area contributed by atoms with E-state index in [-0.39, 0.29) is 0 Å². The largest absolute Gasteiger partial charge is 0.493 e. The Labute approximate surface area is 159 Å². The Balaban J connectivity index is 2.20. The number of aryl methyl sites for hydroxylation is 2. The summed E-state index contributed by atoms with van der Waals surface area (Å²) in [6.45, 7) is 4.15. The van der Waals surface area contributed by atoms with E-state index >= 15 is 0 Å². The van der Waals surface area contributed by atoms with E-state index in [1.165, 1.54) is 0 Å². The first-order valence-electron chi connectivity index (χ1n) is 8.68. The average Bonchev–Trinajstić information content (AvgIpc) is 3.00. The SMILES string of the molecule is COc1ccc(-c2c(C)[nH]c(C)c2-c2ccc(OC)c(OC)c2)cc1OC. The molecule has 0 aliphatic heterocycles. The minimum Gasteiger partial charge on any atom is -0.493 e. The van der Waals surface area contributed by atoms with Crippen LogP contribution in [-0.2, 0) is 0 Å². The molecule has 0 atom stereocenters. The van der Waals surface area contributed by atoms with E-state index in [1.807, 2.05) is 36.4 Å². The van der Waals surface area contributed by atoms with Crippen molar-refractivity contribution in [1.82, 2.24) is 4.98 Å². The van der Waals surface area contributed by atoms with Gasteiger partial charge in [0.05, 0.1) is 28.4 Å². The predicted molar refractivity (Wildman–Crippen MR) is 107 cm³/mol. The van der Waals surface area contributed by atoms with Crippen molar-refractivity contribution in [2.75, 3.05) is 28.4 Å². The number of H-pyrrole nitrogens is 1. The van der Waals surface area contributed by atoms with Crippen molar-refractivity contribution >= 4 is 0 Å². The van der Waals surface area contributed by atoms with Gasteiger partial charge in [-0.3, -0.25) is 0 Å². The zero-order chi connectivity index (χ0) is 19.6. The molecule has 27 heavy (non-hydrogen) atoms. The lowest BCUT2D eigenvalue weighted by molar-refractivity contribution is 0.355. The predicted octanol–water partition coefficient (Wildman–Crippen LogP) is 5.00. The monoisotopic (exact) mass is 367 g/mol. The third-order valence-electron chi connectivity index (χ3n) is 4.72. The fraction of sp³-hybridized carbons (Fsp3) is 0.273. The Kier molecular flexibility index (Phi) is 5.31. The summed E-state index contributed by atoms with van der Waals surface area (Å²) < 4.78 is 21.7. The number of methoxy groups -OCH3 is 4. The molecule has 0 unspecified atom stereocenters. The van der Waals surface area contributed by atoms with Crippen molar-refractivity contribution < 1.29 is 18.9 Å². The third kappa shape index (κ3) is 3.33. The molecule has 3 aromatic rings. The first-order valence-corrected chi connectivity index (χ1v) is 8.68. The van der Waals surface area contributed by atoms with E-state index in [2.05, 4.69) is 18.8 Å². The van der Waals surface area contributed by atoms with Crippen molar-refractivity contribution in [3.8, 4) is 45.3 Å². The molecule has 0 bridgehead atoms. The molecule has 1 aromatic heterocycles.